The Balaban J connectivity index is -0.000000525. The number of aliphatic hydroxyl groups is 8. The number of carbonyl (C=O) groups is 2. The smallest absolute Gasteiger partial charge is 0.388 e. The Labute approximate surface area is 197 Å². The largest absolute Gasteiger partial charge is 0.469 e. The van der Waals surface area contributed by atoms with E-state index in [0.29, 0.717) is 0 Å². The summed E-state index contributed by atoms with van der Waals surface area (Å²) in [7, 11) is -8.21. The molecule has 0 unspecified atom stereocenters. The Morgan fingerprint density at radius 2 is 0.886 bits per heavy atom. The molecule has 0 aliphatic carbocycles. The Hall–Kier alpha value is -0.840. The maximum Gasteiger partial charge on any atom is 0.469 e. The normalized spacial score (nSPS) is 18.7. The van der Waals surface area contributed by atoms with Crippen LogP contribution in [0.2, 0.25) is 0 Å². The second-order valence-corrected chi connectivity index (χ2v) is 8.64. The van der Waals surface area contributed by atoms with Gasteiger partial charge in [-0.25, -0.2) is 15.0 Å². The molecular weight excluding hydrogens is 536 g/mol. The Bertz CT molecular complexity index is 603. The average molecular weight is 567 g/mol. The molecule has 0 spiro atoms. The van der Waals surface area contributed by atoms with Crippen LogP contribution in [0.4, 0.5) is 0 Å². The Morgan fingerprint density at radius 1 is 0.657 bits per heavy atom. The fraction of sp³-hybridized carbons (Fsp3) is 0.846. The first-order valence-corrected chi connectivity index (χ1v) is 11.8. The predicted octanol–water partition coefficient (Wildman–Crippen LogP) is -7.02. The van der Waals surface area contributed by atoms with Gasteiger partial charge in [0.2, 0.25) is 0 Å². The lowest BCUT2D eigenvalue weighted by atomic mass is 10.0. The first-order chi connectivity index (χ1) is 15.8. The number of phosphoric ester groups is 2. The number of aliphatic hydroxyl groups excluding tert-OH is 8. The molecule has 0 aromatic heterocycles. The number of aldehydes is 2. The van der Waals surface area contributed by atoms with Gasteiger partial charge in [0.15, 0.2) is 12.6 Å². The minimum Gasteiger partial charge on any atom is -0.388 e. The summed E-state index contributed by atoms with van der Waals surface area (Å²) in [5, 5.41) is 72.1. The molecule has 212 valence electrons. The Morgan fingerprint density at radius 3 is 1.06 bits per heavy atom. The molecule has 0 heterocycles. The molecule has 0 fully saturated rings. The van der Waals surface area contributed by atoms with E-state index in [2.05, 4.69) is 19.8 Å². The summed E-state index contributed by atoms with van der Waals surface area (Å²) in [6.07, 6.45) is -15.6. The topological polar surface area (TPSA) is 365 Å². The SMILES string of the molecule is CON.O=C[C@@H](O)[C@@H](O)[C@H](O)[C@H](O)COP(=O)(O)O.O=C[C@@H](O)[C@@H](O)[C@H](O)[C@H](O)COP(=O)(O)O. The van der Waals surface area contributed by atoms with Crippen molar-refractivity contribution in [2.24, 2.45) is 5.90 Å². The van der Waals surface area contributed by atoms with Crippen LogP contribution in [0, 0.1) is 0 Å². The van der Waals surface area contributed by atoms with Crippen LogP contribution < -0.4 is 5.90 Å². The highest BCUT2D eigenvalue weighted by Crippen LogP contribution is 2.36. The summed E-state index contributed by atoms with van der Waals surface area (Å²) in [5.74, 6) is 4.35. The molecule has 8 atom stereocenters. The molecule has 0 aliphatic rings. The van der Waals surface area contributed by atoms with Gasteiger partial charge in [-0.3, -0.25) is 9.05 Å². The fourth-order valence-corrected chi connectivity index (χ4v) is 2.26. The van der Waals surface area contributed by atoms with E-state index in [0.717, 1.165) is 0 Å². The average Bonchev–Trinajstić information content (AvgIpc) is 2.77. The van der Waals surface area contributed by atoms with Gasteiger partial charge in [-0.2, -0.15) is 0 Å². The molecule has 0 bridgehead atoms. The van der Waals surface area contributed by atoms with E-state index in [-0.39, 0.29) is 12.6 Å². The minimum atomic E-state index is -4.80. The molecule has 0 saturated carbocycles. The zero-order valence-electron chi connectivity index (χ0n) is 17.9. The van der Waals surface area contributed by atoms with E-state index in [1.165, 1.54) is 7.11 Å². The van der Waals surface area contributed by atoms with E-state index >= 15 is 0 Å². The lowest BCUT2D eigenvalue weighted by Crippen LogP contribution is -2.46. The van der Waals surface area contributed by atoms with Gasteiger partial charge in [0.25, 0.3) is 0 Å². The van der Waals surface area contributed by atoms with Gasteiger partial charge >= 0.3 is 15.6 Å². The number of phosphoric acid groups is 2. The molecular formula is C13H31NO19P2. The molecule has 20 nitrogen and oxygen atoms in total. The summed E-state index contributed by atoms with van der Waals surface area (Å²) in [6, 6.07) is 0. The van der Waals surface area contributed by atoms with Gasteiger partial charge < -0.3 is 74.9 Å². The van der Waals surface area contributed by atoms with Crippen molar-refractivity contribution in [2.75, 3.05) is 20.3 Å². The summed E-state index contributed by atoms with van der Waals surface area (Å²) < 4.78 is 28.2. The highest BCUT2D eigenvalue weighted by Gasteiger charge is 2.32. The Kier molecular flexibility index (Phi) is 21.3. The van der Waals surface area contributed by atoms with Crippen molar-refractivity contribution >= 4 is 28.2 Å². The van der Waals surface area contributed by atoms with Gasteiger partial charge in [0.05, 0.1) is 20.3 Å². The first kappa shape index (κ1) is 38.7. The highest BCUT2D eigenvalue weighted by atomic mass is 31.2. The summed E-state index contributed by atoms with van der Waals surface area (Å²) in [6.45, 7) is -1.93. The molecule has 0 aromatic rings. The third-order valence-electron chi connectivity index (χ3n) is 3.29. The number of hydrogen-bond donors (Lipinski definition) is 13. The van der Waals surface area contributed by atoms with Gasteiger partial charge in [-0.1, -0.05) is 0 Å². The third kappa shape index (κ3) is 21.0. The number of nitrogens with two attached hydrogens (primary N) is 1. The molecule has 0 saturated heterocycles. The second-order valence-electron chi connectivity index (χ2n) is 6.16. The molecule has 0 amide bonds. The van der Waals surface area contributed by atoms with Crippen LogP contribution in [0.15, 0.2) is 0 Å². The van der Waals surface area contributed by atoms with E-state index in [9.17, 15) is 18.7 Å². The van der Waals surface area contributed by atoms with Crippen molar-refractivity contribution in [3.63, 3.8) is 0 Å². The molecule has 0 aliphatic heterocycles. The third-order valence-corrected chi connectivity index (χ3v) is 4.26. The molecule has 22 heteroatoms. The quantitative estimate of drug-likeness (QED) is 0.0526. The predicted molar refractivity (Wildman–Crippen MR) is 107 cm³/mol. The summed E-state index contributed by atoms with van der Waals surface area (Å²) >= 11 is 0. The highest BCUT2D eigenvalue weighted by molar-refractivity contribution is 7.46. The van der Waals surface area contributed by atoms with Crippen LogP contribution in [-0.4, -0.2) is 142 Å². The van der Waals surface area contributed by atoms with Crippen molar-refractivity contribution in [3.8, 4) is 0 Å². The van der Waals surface area contributed by atoms with Crippen molar-refractivity contribution in [1.29, 1.82) is 0 Å². The zero-order valence-corrected chi connectivity index (χ0v) is 19.7. The lowest BCUT2D eigenvalue weighted by Gasteiger charge is -2.23. The van der Waals surface area contributed by atoms with Gasteiger partial charge in [-0.05, 0) is 0 Å². The standard InChI is InChI=1S/2C6H13O9P.CH5NO/c2*7-1-3(8)5(10)6(11)4(9)2-15-16(12,13)14;1-3-2/h2*1,3-6,8-11H,2H2,(H2,12,13,14);2H2,1H3/t2*3-,4-,5-,6-;/m11./s1. The van der Waals surface area contributed by atoms with E-state index in [1.54, 1.807) is 0 Å². The molecule has 0 radical (unpaired) electrons. The van der Waals surface area contributed by atoms with E-state index < -0.39 is 77.7 Å². The van der Waals surface area contributed by atoms with Crippen molar-refractivity contribution in [1.82, 2.24) is 0 Å². The maximum absolute atomic E-state index is 10.2. The van der Waals surface area contributed by atoms with E-state index in [4.69, 9.17) is 60.4 Å². The minimum absolute atomic E-state index is 0.0650. The van der Waals surface area contributed by atoms with Crippen LogP contribution in [0.1, 0.15) is 0 Å². The molecule has 0 aromatic carbocycles. The van der Waals surface area contributed by atoms with Crippen molar-refractivity contribution in [2.45, 2.75) is 48.8 Å². The molecule has 0 rings (SSSR count). The number of rotatable bonds is 14. The van der Waals surface area contributed by atoms with E-state index in [1.807, 2.05) is 0 Å². The molecule has 14 N–H and O–H groups in total. The summed E-state index contributed by atoms with van der Waals surface area (Å²) in [4.78, 5) is 56.9. The maximum atomic E-state index is 10.2. The van der Waals surface area contributed by atoms with Gasteiger partial charge in [0, 0.05) is 0 Å². The van der Waals surface area contributed by atoms with Crippen LogP contribution in [0.3, 0.4) is 0 Å². The van der Waals surface area contributed by atoms with Crippen LogP contribution in [0.25, 0.3) is 0 Å². The van der Waals surface area contributed by atoms with Crippen LogP contribution in [0.5, 0.6) is 0 Å². The molecule has 35 heavy (non-hydrogen) atoms. The van der Waals surface area contributed by atoms with Gasteiger partial charge in [-0.15, -0.1) is 0 Å². The fourth-order valence-electron chi connectivity index (χ4n) is 1.56. The van der Waals surface area contributed by atoms with Crippen LogP contribution in [-0.2, 0) is 32.6 Å². The zero-order chi connectivity index (χ0) is 28.6. The van der Waals surface area contributed by atoms with Crippen molar-refractivity contribution in [3.05, 3.63) is 0 Å². The first-order valence-electron chi connectivity index (χ1n) is 8.77. The number of hydrogen-bond acceptors (Lipinski definition) is 16. The van der Waals surface area contributed by atoms with Crippen LogP contribution >= 0.6 is 15.6 Å². The number of carbonyl (C=O) groups excluding carboxylic acids is 2. The van der Waals surface area contributed by atoms with Crippen molar-refractivity contribution < 1.29 is 93.0 Å². The lowest BCUT2D eigenvalue weighted by molar-refractivity contribution is -0.136. The second kappa shape index (κ2) is 19.3. The summed E-state index contributed by atoms with van der Waals surface area (Å²) in [5.41, 5.74) is 0. The monoisotopic (exact) mass is 567 g/mol. The van der Waals surface area contributed by atoms with Gasteiger partial charge in [0.1, 0.15) is 48.8 Å².